The number of carbonyl (C=O) groups is 2. The van der Waals surface area contributed by atoms with Crippen molar-refractivity contribution in [3.63, 3.8) is 0 Å². The van der Waals surface area contributed by atoms with Gasteiger partial charge in [0.05, 0.1) is 5.25 Å². The number of carbonyl (C=O) groups excluding carboxylic acids is 2. The number of urea groups is 1. The van der Waals surface area contributed by atoms with E-state index in [1.165, 1.54) is 11.8 Å². The lowest BCUT2D eigenvalue weighted by molar-refractivity contribution is -0.119. The maximum atomic E-state index is 12.2. The number of nitrogens with one attached hydrogen (secondary N) is 2. The van der Waals surface area contributed by atoms with E-state index >= 15 is 0 Å². The third kappa shape index (κ3) is 5.02. The topological polar surface area (TPSA) is 102 Å². The van der Waals surface area contributed by atoms with Gasteiger partial charge in [-0.15, -0.1) is 10.2 Å². The molecule has 0 saturated carbocycles. The Hall–Kier alpha value is -2.42. The van der Waals surface area contributed by atoms with Gasteiger partial charge in [-0.2, -0.15) is 0 Å². The number of pyridine rings is 1. The molecule has 0 spiro atoms. The monoisotopic (exact) mass is 362 g/mol. The van der Waals surface area contributed by atoms with Gasteiger partial charge in [0.25, 0.3) is 0 Å². The summed E-state index contributed by atoms with van der Waals surface area (Å²) in [5.41, 5.74) is 0.907. The number of aromatic nitrogens is 4. The van der Waals surface area contributed by atoms with Gasteiger partial charge in [0.1, 0.15) is 0 Å². The average Bonchev–Trinajstić information content (AvgIpc) is 2.97. The van der Waals surface area contributed by atoms with Gasteiger partial charge < -0.3 is 9.88 Å². The molecule has 0 aliphatic heterocycles. The normalized spacial score (nSPS) is 12.0. The first-order valence-electron chi connectivity index (χ1n) is 8.04. The van der Waals surface area contributed by atoms with Crippen molar-refractivity contribution in [2.75, 3.05) is 0 Å². The molecule has 1 atom stereocenters. The van der Waals surface area contributed by atoms with E-state index in [9.17, 15) is 9.59 Å². The van der Waals surface area contributed by atoms with Crippen LogP contribution >= 0.6 is 11.8 Å². The van der Waals surface area contributed by atoms with Crippen molar-refractivity contribution in [2.24, 2.45) is 0 Å². The van der Waals surface area contributed by atoms with E-state index in [-0.39, 0.29) is 11.9 Å². The highest BCUT2D eigenvalue weighted by molar-refractivity contribution is 8.00. The second kappa shape index (κ2) is 8.61. The molecule has 3 amide bonds. The molecule has 9 heteroatoms. The molecule has 25 heavy (non-hydrogen) atoms. The first-order valence-corrected chi connectivity index (χ1v) is 8.92. The maximum absolute atomic E-state index is 12.2. The van der Waals surface area contributed by atoms with Crippen LogP contribution < -0.4 is 10.6 Å². The van der Waals surface area contributed by atoms with Crippen LogP contribution in [-0.4, -0.2) is 43.0 Å². The van der Waals surface area contributed by atoms with Crippen molar-refractivity contribution in [1.29, 1.82) is 0 Å². The van der Waals surface area contributed by atoms with E-state index in [4.69, 9.17) is 0 Å². The first-order chi connectivity index (χ1) is 11.9. The predicted octanol–water partition coefficient (Wildman–Crippen LogP) is 2.07. The minimum atomic E-state index is -0.498. The summed E-state index contributed by atoms with van der Waals surface area (Å²) in [5, 5.41) is 13.5. The van der Waals surface area contributed by atoms with Crippen LogP contribution in [0, 0.1) is 0 Å². The van der Waals surface area contributed by atoms with E-state index < -0.39 is 11.3 Å². The van der Waals surface area contributed by atoms with Gasteiger partial charge in [-0.25, -0.2) is 4.79 Å². The molecule has 2 N–H and O–H groups in total. The fraction of sp³-hybridized carbons (Fsp3) is 0.438. The molecule has 0 aliphatic carbocycles. The number of amides is 3. The van der Waals surface area contributed by atoms with Gasteiger partial charge >= 0.3 is 6.03 Å². The molecule has 2 heterocycles. The molecule has 134 valence electrons. The fourth-order valence-corrected chi connectivity index (χ4v) is 3.01. The van der Waals surface area contributed by atoms with E-state index in [1.807, 2.05) is 37.5 Å². The zero-order chi connectivity index (χ0) is 18.4. The molecule has 8 nitrogen and oxygen atoms in total. The van der Waals surface area contributed by atoms with E-state index in [1.54, 1.807) is 19.3 Å². The van der Waals surface area contributed by atoms with Crippen LogP contribution in [0.25, 0.3) is 11.4 Å². The third-order valence-electron chi connectivity index (χ3n) is 3.28. The fourth-order valence-electron chi connectivity index (χ4n) is 2.10. The molecule has 2 aromatic rings. The summed E-state index contributed by atoms with van der Waals surface area (Å²) in [5.74, 6) is 0.344. The zero-order valence-electron chi connectivity index (χ0n) is 14.7. The number of thioether (sulfide) groups is 1. The summed E-state index contributed by atoms with van der Waals surface area (Å²) >= 11 is 1.26. The minimum Gasteiger partial charge on any atom is -0.336 e. The largest absolute Gasteiger partial charge is 0.336 e. The Morgan fingerprint density at radius 1 is 1.20 bits per heavy atom. The summed E-state index contributed by atoms with van der Waals surface area (Å²) in [6, 6.07) is 3.18. The average molecular weight is 362 g/mol. The Kier molecular flexibility index (Phi) is 6.51. The van der Waals surface area contributed by atoms with Crippen LogP contribution in [-0.2, 0) is 11.3 Å². The molecule has 2 rings (SSSR count). The second-order valence-electron chi connectivity index (χ2n) is 5.66. The van der Waals surface area contributed by atoms with Crippen molar-refractivity contribution in [1.82, 2.24) is 30.4 Å². The molecule has 0 bridgehead atoms. The van der Waals surface area contributed by atoms with Crippen LogP contribution in [0.3, 0.4) is 0 Å². The quantitative estimate of drug-likeness (QED) is 0.763. The van der Waals surface area contributed by atoms with Gasteiger partial charge in [0.2, 0.25) is 5.91 Å². The number of hydrogen-bond acceptors (Lipinski definition) is 6. The van der Waals surface area contributed by atoms with Gasteiger partial charge in [-0.1, -0.05) is 11.8 Å². The number of rotatable bonds is 6. The Morgan fingerprint density at radius 2 is 1.88 bits per heavy atom. The van der Waals surface area contributed by atoms with Gasteiger partial charge in [-0.3, -0.25) is 15.1 Å². The van der Waals surface area contributed by atoms with E-state index in [0.717, 1.165) is 11.4 Å². The first kappa shape index (κ1) is 18.9. The minimum absolute atomic E-state index is 0.0399. The summed E-state index contributed by atoms with van der Waals surface area (Å²) < 4.78 is 1.93. The van der Waals surface area contributed by atoms with Gasteiger partial charge in [0, 0.05) is 30.5 Å². The van der Waals surface area contributed by atoms with Gasteiger partial charge in [0.15, 0.2) is 11.0 Å². The Morgan fingerprint density at radius 3 is 2.48 bits per heavy atom. The summed E-state index contributed by atoms with van der Waals surface area (Å²) in [6.07, 6.45) is 3.39. The smallest absolute Gasteiger partial charge is 0.321 e. The van der Waals surface area contributed by atoms with Crippen LogP contribution in [0.1, 0.15) is 27.7 Å². The molecule has 2 aromatic heterocycles. The third-order valence-corrected chi connectivity index (χ3v) is 4.36. The molecular weight excluding hydrogens is 340 g/mol. The number of hydrogen-bond donors (Lipinski definition) is 2. The Labute approximate surface area is 150 Å². The predicted molar refractivity (Wildman–Crippen MR) is 96.1 cm³/mol. The van der Waals surface area contributed by atoms with Gasteiger partial charge in [-0.05, 0) is 39.8 Å². The standard InChI is InChI=1S/C16H22N6O2S/c1-5-22-13(12-6-8-17-9-7-12)20-21-16(22)25-11(4)14(23)19-15(24)18-10(2)3/h6-11H,5H2,1-4H3,(H2,18,19,23,24)/t11-/m0/s1. The van der Waals surface area contributed by atoms with E-state index in [0.29, 0.717) is 11.7 Å². The highest BCUT2D eigenvalue weighted by Gasteiger charge is 2.21. The molecule has 0 aliphatic rings. The Bertz CT molecular complexity index is 731. The lowest BCUT2D eigenvalue weighted by Gasteiger charge is -2.13. The zero-order valence-corrected chi connectivity index (χ0v) is 15.5. The van der Waals surface area contributed by atoms with Crippen molar-refractivity contribution in [2.45, 2.75) is 50.7 Å². The van der Waals surface area contributed by atoms with Crippen molar-refractivity contribution >= 4 is 23.7 Å². The molecule has 0 saturated heterocycles. The van der Waals surface area contributed by atoms with Crippen molar-refractivity contribution < 1.29 is 9.59 Å². The lowest BCUT2D eigenvalue weighted by Crippen LogP contribution is -2.45. The lowest BCUT2D eigenvalue weighted by atomic mass is 10.2. The molecular formula is C16H22N6O2S. The van der Waals surface area contributed by atoms with Crippen molar-refractivity contribution in [3.05, 3.63) is 24.5 Å². The SMILES string of the molecule is CCn1c(S[C@@H](C)C(=O)NC(=O)NC(C)C)nnc1-c1ccncc1. The summed E-state index contributed by atoms with van der Waals surface area (Å²) in [4.78, 5) is 27.8. The highest BCUT2D eigenvalue weighted by atomic mass is 32.2. The highest BCUT2D eigenvalue weighted by Crippen LogP contribution is 2.26. The number of imide groups is 1. The Balaban J connectivity index is 2.08. The second-order valence-corrected chi connectivity index (χ2v) is 6.97. The number of nitrogens with zero attached hydrogens (tertiary/aromatic N) is 4. The summed E-state index contributed by atoms with van der Waals surface area (Å²) in [6.45, 7) is 8.02. The summed E-state index contributed by atoms with van der Waals surface area (Å²) in [7, 11) is 0. The van der Waals surface area contributed by atoms with Crippen LogP contribution in [0.5, 0.6) is 0 Å². The van der Waals surface area contributed by atoms with E-state index in [2.05, 4.69) is 25.8 Å². The maximum Gasteiger partial charge on any atom is 0.321 e. The molecule has 0 aromatic carbocycles. The molecule has 0 fully saturated rings. The van der Waals surface area contributed by atoms with Crippen LogP contribution in [0.4, 0.5) is 4.79 Å². The molecule has 0 radical (unpaired) electrons. The van der Waals surface area contributed by atoms with Crippen LogP contribution in [0.2, 0.25) is 0 Å². The van der Waals surface area contributed by atoms with Crippen molar-refractivity contribution in [3.8, 4) is 11.4 Å². The van der Waals surface area contributed by atoms with Crippen LogP contribution in [0.15, 0.2) is 29.7 Å². The molecule has 0 unspecified atom stereocenters.